The Morgan fingerprint density at radius 3 is 0.739 bits per heavy atom. The van der Waals surface area contributed by atoms with Gasteiger partial charge in [-0.25, -0.2) is 9.13 Å². The third kappa shape index (κ3) is 66.7. The smallest absolute Gasteiger partial charge is 0.462 e. The molecule has 17 nitrogen and oxygen atoms in total. The highest BCUT2D eigenvalue weighted by molar-refractivity contribution is 7.47. The Labute approximate surface area is 562 Å². The summed E-state index contributed by atoms with van der Waals surface area (Å²) in [5.41, 5.74) is 0. The largest absolute Gasteiger partial charge is 0.472 e. The lowest BCUT2D eigenvalue weighted by molar-refractivity contribution is -0.161. The molecule has 0 aliphatic carbocycles. The second kappa shape index (κ2) is 63.8. The van der Waals surface area contributed by atoms with E-state index in [0.29, 0.717) is 43.4 Å². The van der Waals surface area contributed by atoms with E-state index in [4.69, 9.17) is 37.0 Å². The second-order valence-corrected chi connectivity index (χ2v) is 30.7. The number of ether oxygens (including phenoxy) is 4. The van der Waals surface area contributed by atoms with Crippen LogP contribution in [0.15, 0.2) is 0 Å². The molecule has 0 rings (SSSR count). The molecule has 19 heteroatoms. The quantitative estimate of drug-likeness (QED) is 0.0222. The molecule has 0 aliphatic rings. The van der Waals surface area contributed by atoms with Crippen molar-refractivity contribution in [1.82, 2.24) is 0 Å². The lowest BCUT2D eigenvalue weighted by atomic mass is 10.0. The molecule has 0 aliphatic heterocycles. The highest BCUT2D eigenvalue weighted by Gasteiger charge is 2.30. The van der Waals surface area contributed by atoms with Gasteiger partial charge in [-0.1, -0.05) is 318 Å². The van der Waals surface area contributed by atoms with Gasteiger partial charge in [0.25, 0.3) is 0 Å². The van der Waals surface area contributed by atoms with E-state index in [0.717, 1.165) is 103 Å². The molecule has 0 bridgehead atoms. The number of aliphatic hydroxyl groups excluding tert-OH is 1. The summed E-state index contributed by atoms with van der Waals surface area (Å²) in [6.45, 7) is 11.7. The third-order valence-corrected chi connectivity index (χ3v) is 18.8. The van der Waals surface area contributed by atoms with Crippen molar-refractivity contribution in [3.63, 3.8) is 0 Å². The fourth-order valence-corrected chi connectivity index (χ4v) is 12.7. The molecule has 2 unspecified atom stereocenters. The molecule has 0 saturated heterocycles. The summed E-state index contributed by atoms with van der Waals surface area (Å²) < 4.78 is 68.3. The lowest BCUT2D eigenvalue weighted by Crippen LogP contribution is -2.30. The second-order valence-electron chi connectivity index (χ2n) is 27.8. The molecule has 0 amide bonds. The van der Waals surface area contributed by atoms with Gasteiger partial charge in [-0.05, 0) is 43.4 Å². The fourth-order valence-electron chi connectivity index (χ4n) is 11.1. The van der Waals surface area contributed by atoms with Crippen molar-refractivity contribution in [1.29, 1.82) is 0 Å². The zero-order chi connectivity index (χ0) is 68.0. The maximum absolute atomic E-state index is 13.0. The Hall–Kier alpha value is -1.94. The van der Waals surface area contributed by atoms with Crippen LogP contribution in [0.1, 0.15) is 370 Å². The van der Waals surface area contributed by atoms with Gasteiger partial charge < -0.3 is 33.8 Å². The van der Waals surface area contributed by atoms with Gasteiger partial charge in [0.15, 0.2) is 12.2 Å². The molecule has 3 N–H and O–H groups in total. The summed E-state index contributed by atoms with van der Waals surface area (Å²) in [7, 11) is -9.90. The molecule has 0 heterocycles. The zero-order valence-corrected chi connectivity index (χ0v) is 61.8. The van der Waals surface area contributed by atoms with Gasteiger partial charge >= 0.3 is 39.5 Å². The number of phosphoric ester groups is 2. The molecule has 92 heavy (non-hydrogen) atoms. The first kappa shape index (κ1) is 90.1. The highest BCUT2D eigenvalue weighted by Crippen LogP contribution is 2.45. The molecule has 5 atom stereocenters. The molecule has 0 aromatic rings. The third-order valence-electron chi connectivity index (χ3n) is 16.9. The van der Waals surface area contributed by atoms with E-state index in [1.807, 2.05) is 0 Å². The van der Waals surface area contributed by atoms with Gasteiger partial charge in [-0.2, -0.15) is 0 Å². The van der Waals surface area contributed by atoms with Crippen LogP contribution in [-0.4, -0.2) is 96.7 Å². The molecular formula is C73H142O17P2. The maximum Gasteiger partial charge on any atom is 0.472 e. The van der Waals surface area contributed by atoms with Crippen LogP contribution in [0.5, 0.6) is 0 Å². The van der Waals surface area contributed by atoms with Gasteiger partial charge in [0.2, 0.25) is 0 Å². The number of esters is 4. The molecule has 0 aromatic carbocycles. The van der Waals surface area contributed by atoms with Crippen molar-refractivity contribution in [2.45, 2.75) is 388 Å². The number of hydrogen-bond donors (Lipinski definition) is 3. The Kier molecular flexibility index (Phi) is 62.4. The van der Waals surface area contributed by atoms with E-state index in [9.17, 15) is 43.2 Å². The van der Waals surface area contributed by atoms with Gasteiger partial charge in [0, 0.05) is 25.7 Å². The molecular weight excluding hydrogens is 1210 g/mol. The molecule has 0 aromatic heterocycles. The van der Waals surface area contributed by atoms with Gasteiger partial charge in [-0.15, -0.1) is 0 Å². The van der Waals surface area contributed by atoms with Crippen LogP contribution in [-0.2, 0) is 65.4 Å². The van der Waals surface area contributed by atoms with Crippen LogP contribution in [0.4, 0.5) is 0 Å². The van der Waals surface area contributed by atoms with Crippen molar-refractivity contribution in [2.75, 3.05) is 39.6 Å². The summed E-state index contributed by atoms with van der Waals surface area (Å²) in [4.78, 5) is 72.5. The number of unbranched alkanes of at least 4 members (excludes halogenated alkanes) is 39. The Bertz CT molecular complexity index is 1800. The van der Waals surface area contributed by atoms with Crippen LogP contribution in [0.3, 0.4) is 0 Å². The predicted octanol–water partition coefficient (Wildman–Crippen LogP) is 21.0. The predicted molar refractivity (Wildman–Crippen MR) is 372 cm³/mol. The zero-order valence-electron chi connectivity index (χ0n) is 60.0. The Morgan fingerprint density at radius 1 is 0.293 bits per heavy atom. The first-order valence-corrected chi connectivity index (χ1v) is 40.8. The lowest BCUT2D eigenvalue weighted by Gasteiger charge is -2.21. The van der Waals surface area contributed by atoms with Crippen LogP contribution in [0, 0.1) is 17.8 Å². The molecule has 546 valence electrons. The van der Waals surface area contributed by atoms with Crippen molar-refractivity contribution in [3.05, 3.63) is 0 Å². The average molecular weight is 1350 g/mol. The van der Waals surface area contributed by atoms with Crippen LogP contribution < -0.4 is 0 Å². The van der Waals surface area contributed by atoms with Gasteiger partial charge in [-0.3, -0.25) is 37.3 Å². The van der Waals surface area contributed by atoms with Crippen molar-refractivity contribution < 1.29 is 80.2 Å². The van der Waals surface area contributed by atoms with Crippen LogP contribution in [0.25, 0.3) is 0 Å². The minimum absolute atomic E-state index is 0.102. The number of aliphatic hydroxyl groups is 1. The van der Waals surface area contributed by atoms with E-state index in [1.165, 1.54) is 167 Å². The van der Waals surface area contributed by atoms with Crippen molar-refractivity contribution in [2.24, 2.45) is 17.8 Å². The van der Waals surface area contributed by atoms with E-state index in [-0.39, 0.29) is 25.7 Å². The first-order chi connectivity index (χ1) is 44.2. The minimum atomic E-state index is -4.95. The van der Waals surface area contributed by atoms with E-state index < -0.39 is 97.5 Å². The van der Waals surface area contributed by atoms with E-state index in [1.54, 1.807) is 0 Å². The minimum Gasteiger partial charge on any atom is -0.462 e. The van der Waals surface area contributed by atoms with Crippen LogP contribution in [0.2, 0.25) is 0 Å². The monoisotopic (exact) mass is 1350 g/mol. The summed E-state index contributed by atoms with van der Waals surface area (Å²) in [5.74, 6) is -0.0241. The van der Waals surface area contributed by atoms with Crippen LogP contribution >= 0.6 is 15.6 Å². The number of rotatable bonds is 71. The average Bonchev–Trinajstić information content (AvgIpc) is 2.63. The van der Waals surface area contributed by atoms with E-state index >= 15 is 0 Å². The first-order valence-electron chi connectivity index (χ1n) is 37.8. The molecule has 0 fully saturated rings. The fraction of sp³-hybridized carbons (Fsp3) is 0.945. The summed E-state index contributed by atoms with van der Waals surface area (Å²) in [6.07, 6.45) is 49.2. The summed E-state index contributed by atoms with van der Waals surface area (Å²) >= 11 is 0. The Morgan fingerprint density at radius 2 is 0.500 bits per heavy atom. The normalized spacial score (nSPS) is 14.1. The highest BCUT2D eigenvalue weighted by atomic mass is 31.2. The van der Waals surface area contributed by atoms with Gasteiger partial charge in [0.1, 0.15) is 19.3 Å². The topological polar surface area (TPSA) is 237 Å². The number of carbonyl (C=O) groups excluding carboxylic acids is 4. The summed E-state index contributed by atoms with van der Waals surface area (Å²) in [6, 6.07) is 0. The van der Waals surface area contributed by atoms with Crippen molar-refractivity contribution >= 4 is 39.5 Å². The maximum atomic E-state index is 13.0. The van der Waals surface area contributed by atoms with E-state index in [2.05, 4.69) is 48.5 Å². The Balaban J connectivity index is 5.13. The summed E-state index contributed by atoms with van der Waals surface area (Å²) in [5, 5.41) is 10.6. The van der Waals surface area contributed by atoms with Gasteiger partial charge in [0.05, 0.1) is 26.4 Å². The number of phosphoric acid groups is 2. The SMILES string of the molecule is CCCCCCCCCCCCCCCCCCCCCCCCC(=O)O[C@H](COC(=O)CCCCCCCCCC(C)C)COP(=O)(O)OC[C@@H](O)COP(=O)(O)OC[C@@H](COC(=O)CCCCCCCCCC(C)C)OC(=O)CCCCCCCCCC(C)C. The molecule has 0 radical (unpaired) electrons. The number of hydrogen-bond acceptors (Lipinski definition) is 15. The van der Waals surface area contributed by atoms with Crippen molar-refractivity contribution in [3.8, 4) is 0 Å². The standard InChI is InChI=1S/C73H142O17P2/c1-8-9-10-11-12-13-14-15-16-17-18-19-20-21-22-23-24-25-26-33-42-49-56-72(77)89-68(60-83-70(75)54-47-40-34-27-30-37-44-51-64(2)3)62-87-91(79,80)85-58-67(74)59-86-92(81,82)88-63-69(90-73(78)57-50-43-36-29-32-39-46-53-66(6)7)61-84-71(76)55-48-41-35-28-31-38-45-52-65(4)5/h64-69,74H,8-63H2,1-7H3,(H,79,80)(H,81,82)/t67-,68-,69-/m1/s1. The molecule has 0 spiro atoms. The number of carbonyl (C=O) groups is 4. The molecule has 0 saturated carbocycles.